The van der Waals surface area contributed by atoms with Gasteiger partial charge in [0, 0.05) is 12.5 Å². The third-order valence-corrected chi connectivity index (χ3v) is 5.10. The number of rotatable bonds is 3. The van der Waals surface area contributed by atoms with E-state index in [0.717, 1.165) is 18.4 Å². The van der Waals surface area contributed by atoms with Gasteiger partial charge >= 0.3 is 5.97 Å². The van der Waals surface area contributed by atoms with Crippen molar-refractivity contribution in [3.63, 3.8) is 0 Å². The molecule has 2 saturated carbocycles. The molecule has 3 fully saturated rings. The van der Waals surface area contributed by atoms with Crippen LogP contribution < -0.4 is 5.32 Å². The fourth-order valence-corrected chi connectivity index (χ4v) is 4.27. The van der Waals surface area contributed by atoms with E-state index in [1.165, 1.54) is 0 Å². The molecule has 20 heavy (non-hydrogen) atoms. The van der Waals surface area contributed by atoms with E-state index in [9.17, 15) is 9.59 Å². The van der Waals surface area contributed by atoms with Gasteiger partial charge in [-0.3, -0.25) is 9.59 Å². The molecule has 4 heteroatoms. The van der Waals surface area contributed by atoms with Crippen LogP contribution in [0.25, 0.3) is 0 Å². The van der Waals surface area contributed by atoms with Crippen molar-refractivity contribution >= 4 is 11.9 Å². The van der Waals surface area contributed by atoms with Gasteiger partial charge < -0.3 is 10.1 Å². The van der Waals surface area contributed by atoms with E-state index in [1.54, 1.807) is 0 Å². The number of nitrogens with one attached hydrogen (secondary N) is 1. The van der Waals surface area contributed by atoms with Gasteiger partial charge in [-0.25, -0.2) is 0 Å². The second-order valence-electron chi connectivity index (χ2n) is 6.13. The number of benzene rings is 1. The minimum absolute atomic E-state index is 0.0173. The molecule has 0 aromatic heterocycles. The van der Waals surface area contributed by atoms with E-state index < -0.39 is 0 Å². The molecule has 2 aliphatic carbocycles. The quantitative estimate of drug-likeness (QED) is 0.848. The van der Waals surface area contributed by atoms with Crippen LogP contribution in [0, 0.1) is 23.7 Å². The third kappa shape index (κ3) is 1.67. The molecule has 1 N–H and O–H groups in total. The number of carbonyl (C=O) groups excluding carboxylic acids is 2. The second-order valence-corrected chi connectivity index (χ2v) is 6.13. The molecule has 4 rings (SSSR count). The second kappa shape index (κ2) is 4.33. The molecule has 0 unspecified atom stereocenters. The minimum Gasteiger partial charge on any atom is -0.462 e. The van der Waals surface area contributed by atoms with E-state index in [0.29, 0.717) is 18.4 Å². The fraction of sp³-hybridized carbons (Fsp3) is 0.500. The van der Waals surface area contributed by atoms with Crippen LogP contribution in [0.1, 0.15) is 18.4 Å². The highest BCUT2D eigenvalue weighted by Crippen LogP contribution is 2.57. The Morgan fingerprint density at radius 2 is 2.05 bits per heavy atom. The normalized spacial score (nSPS) is 37.0. The zero-order chi connectivity index (χ0) is 13.7. The Morgan fingerprint density at radius 3 is 2.85 bits per heavy atom. The average molecular weight is 271 g/mol. The first-order valence-electron chi connectivity index (χ1n) is 7.26. The predicted molar refractivity (Wildman–Crippen MR) is 71.4 cm³/mol. The first kappa shape index (κ1) is 11.9. The largest absolute Gasteiger partial charge is 0.462 e. The summed E-state index contributed by atoms with van der Waals surface area (Å²) in [6.07, 6.45) is 1.94. The van der Waals surface area contributed by atoms with Crippen LogP contribution in [-0.2, 0) is 20.9 Å². The lowest BCUT2D eigenvalue weighted by molar-refractivity contribution is -0.146. The Kier molecular flexibility index (Phi) is 2.59. The molecule has 1 aromatic carbocycles. The zero-order valence-corrected chi connectivity index (χ0v) is 11.1. The van der Waals surface area contributed by atoms with Gasteiger partial charge in [-0.2, -0.15) is 0 Å². The van der Waals surface area contributed by atoms with Gasteiger partial charge in [-0.1, -0.05) is 30.3 Å². The molecule has 5 atom stereocenters. The van der Waals surface area contributed by atoms with Gasteiger partial charge in [0.1, 0.15) is 6.10 Å². The van der Waals surface area contributed by atoms with Crippen LogP contribution in [0.5, 0.6) is 0 Å². The topological polar surface area (TPSA) is 55.4 Å². The summed E-state index contributed by atoms with van der Waals surface area (Å²) in [6, 6.07) is 9.84. The lowest BCUT2D eigenvalue weighted by Crippen LogP contribution is -2.39. The summed E-state index contributed by atoms with van der Waals surface area (Å²) in [7, 11) is 0. The van der Waals surface area contributed by atoms with Crippen molar-refractivity contribution in [2.45, 2.75) is 25.5 Å². The molecular formula is C16H17NO3. The highest BCUT2D eigenvalue weighted by molar-refractivity contribution is 5.88. The van der Waals surface area contributed by atoms with Crippen LogP contribution in [0.15, 0.2) is 30.3 Å². The number of ether oxygens (including phenoxy) is 1. The number of fused-ring (bicyclic) bond motifs is 1. The Labute approximate surface area is 117 Å². The van der Waals surface area contributed by atoms with Crippen molar-refractivity contribution in [1.82, 2.24) is 5.32 Å². The summed E-state index contributed by atoms with van der Waals surface area (Å²) in [5.41, 5.74) is 1.08. The maximum Gasteiger partial charge on any atom is 0.310 e. The lowest BCUT2D eigenvalue weighted by Gasteiger charge is -2.23. The van der Waals surface area contributed by atoms with Crippen molar-refractivity contribution in [2.75, 3.05) is 0 Å². The molecule has 0 spiro atoms. The van der Waals surface area contributed by atoms with Gasteiger partial charge in [-0.05, 0) is 24.3 Å². The van der Waals surface area contributed by atoms with Crippen LogP contribution >= 0.6 is 0 Å². The molecule has 1 aliphatic heterocycles. The van der Waals surface area contributed by atoms with Gasteiger partial charge in [0.25, 0.3) is 0 Å². The smallest absolute Gasteiger partial charge is 0.310 e. The molecule has 4 nitrogen and oxygen atoms in total. The summed E-state index contributed by atoms with van der Waals surface area (Å²) < 4.78 is 5.36. The summed E-state index contributed by atoms with van der Waals surface area (Å²) in [5.74, 6) is 0.130. The molecule has 0 radical (unpaired) electrons. The number of carbonyl (C=O) groups is 2. The molecular weight excluding hydrogens is 254 g/mol. The Balaban J connectivity index is 1.46. The van der Waals surface area contributed by atoms with Crippen LogP contribution in [-0.4, -0.2) is 18.0 Å². The van der Waals surface area contributed by atoms with Gasteiger partial charge in [0.15, 0.2) is 0 Å². The molecule has 2 bridgehead atoms. The molecule has 1 aromatic rings. The number of esters is 1. The summed E-state index contributed by atoms with van der Waals surface area (Å²) >= 11 is 0. The van der Waals surface area contributed by atoms with Crippen molar-refractivity contribution in [1.29, 1.82) is 0 Å². The van der Waals surface area contributed by atoms with Crippen LogP contribution in [0.4, 0.5) is 0 Å². The maximum atomic E-state index is 12.4. The first-order chi connectivity index (χ1) is 9.74. The van der Waals surface area contributed by atoms with Gasteiger partial charge in [0.2, 0.25) is 5.91 Å². The van der Waals surface area contributed by atoms with Crippen molar-refractivity contribution in [3.8, 4) is 0 Å². The van der Waals surface area contributed by atoms with E-state index in [1.807, 2.05) is 30.3 Å². The van der Waals surface area contributed by atoms with Gasteiger partial charge in [-0.15, -0.1) is 0 Å². The standard InChI is InChI=1S/C16H17NO3/c18-15(17-8-9-4-2-1-3-5-9)13-10-6-11-12(7-10)20-16(19)14(11)13/h1-5,10-14H,6-8H2,(H,17,18)/t10-,11+,12-,13-,14+/m1/s1. The monoisotopic (exact) mass is 271 g/mol. The predicted octanol–water partition coefficient (Wildman–Crippen LogP) is 1.50. The van der Waals surface area contributed by atoms with Gasteiger partial charge in [0.05, 0.1) is 11.8 Å². The fourth-order valence-electron chi connectivity index (χ4n) is 4.27. The summed E-state index contributed by atoms with van der Waals surface area (Å²) in [5, 5.41) is 2.98. The molecule has 3 aliphatic rings. The van der Waals surface area contributed by atoms with E-state index in [4.69, 9.17) is 4.74 Å². The highest BCUT2D eigenvalue weighted by atomic mass is 16.6. The number of hydrogen-bond donors (Lipinski definition) is 1. The van der Waals surface area contributed by atoms with Crippen LogP contribution in [0.2, 0.25) is 0 Å². The minimum atomic E-state index is -0.186. The molecule has 1 amide bonds. The lowest BCUT2D eigenvalue weighted by atomic mass is 9.79. The van der Waals surface area contributed by atoms with E-state index in [-0.39, 0.29) is 29.8 Å². The Morgan fingerprint density at radius 1 is 1.25 bits per heavy atom. The van der Waals surface area contributed by atoms with E-state index in [2.05, 4.69) is 5.32 Å². The maximum absolute atomic E-state index is 12.4. The zero-order valence-electron chi connectivity index (χ0n) is 11.1. The van der Waals surface area contributed by atoms with Crippen molar-refractivity contribution < 1.29 is 14.3 Å². The number of amides is 1. The SMILES string of the molecule is O=C(NCc1ccccc1)[C@@H]1[C@@H]2C[C@@H]3[C@@H]1C(=O)O[C@@H]3C2. The number of hydrogen-bond acceptors (Lipinski definition) is 3. The summed E-state index contributed by atoms with van der Waals surface area (Å²) in [6.45, 7) is 0.527. The highest BCUT2D eigenvalue weighted by Gasteiger charge is 2.63. The average Bonchev–Trinajstić information content (AvgIpc) is 3.07. The first-order valence-corrected chi connectivity index (χ1v) is 7.26. The molecule has 104 valence electrons. The van der Waals surface area contributed by atoms with Crippen molar-refractivity contribution in [3.05, 3.63) is 35.9 Å². The Hall–Kier alpha value is -1.84. The van der Waals surface area contributed by atoms with E-state index >= 15 is 0 Å². The Bertz CT molecular complexity index is 554. The van der Waals surface area contributed by atoms with Crippen LogP contribution in [0.3, 0.4) is 0 Å². The third-order valence-electron chi connectivity index (χ3n) is 5.10. The molecule has 1 heterocycles. The molecule has 1 saturated heterocycles. The summed E-state index contributed by atoms with van der Waals surface area (Å²) in [4.78, 5) is 24.3. The van der Waals surface area contributed by atoms with Crippen molar-refractivity contribution in [2.24, 2.45) is 23.7 Å².